The van der Waals surface area contributed by atoms with Gasteiger partial charge in [-0.1, -0.05) is 44.0 Å². The Bertz CT molecular complexity index is 1430. The normalized spacial score (nSPS) is 12.5. The molecule has 0 saturated carbocycles. The molecule has 0 unspecified atom stereocenters. The van der Waals surface area contributed by atoms with Crippen molar-refractivity contribution in [2.45, 2.75) is 39.5 Å². The van der Waals surface area contributed by atoms with Crippen molar-refractivity contribution >= 4 is 43.9 Å². The van der Waals surface area contributed by atoms with Crippen molar-refractivity contribution in [1.82, 2.24) is 0 Å². The van der Waals surface area contributed by atoms with Gasteiger partial charge in [0.1, 0.15) is 22.3 Å². The zero-order valence-electron chi connectivity index (χ0n) is 16.3. The molecule has 0 saturated heterocycles. The van der Waals surface area contributed by atoms with Gasteiger partial charge in [-0.05, 0) is 65.9 Å². The molecule has 0 bridgehead atoms. The number of rotatable bonds is 4. The summed E-state index contributed by atoms with van der Waals surface area (Å²) >= 11 is 0. The monoisotopic (exact) mass is 366 g/mol. The molecule has 0 fully saturated rings. The van der Waals surface area contributed by atoms with Crippen molar-refractivity contribution in [1.29, 1.82) is 0 Å². The van der Waals surface area contributed by atoms with Gasteiger partial charge >= 0.3 is 0 Å². The smallest absolute Gasteiger partial charge is 0.139 e. The SMILES string of the molecule is CCCCCc1cc2cccc3oc4c(C)cc5cccc6oc1c(c23)-c4c56. The first kappa shape index (κ1) is 16.0. The Morgan fingerprint density at radius 2 is 1.39 bits per heavy atom. The Hall–Kier alpha value is -3.00. The first-order valence-corrected chi connectivity index (χ1v) is 10.3. The summed E-state index contributed by atoms with van der Waals surface area (Å²) in [5, 5.41) is 4.82. The largest absolute Gasteiger partial charge is 0.456 e. The van der Waals surface area contributed by atoms with Crippen LogP contribution >= 0.6 is 0 Å². The zero-order chi connectivity index (χ0) is 18.8. The van der Waals surface area contributed by atoms with Crippen LogP contribution < -0.4 is 0 Å². The van der Waals surface area contributed by atoms with E-state index in [2.05, 4.69) is 62.4 Å². The highest BCUT2D eigenvalue weighted by atomic mass is 16.3. The molecule has 0 radical (unpaired) electrons. The van der Waals surface area contributed by atoms with Crippen LogP contribution in [0.3, 0.4) is 0 Å². The van der Waals surface area contributed by atoms with Gasteiger partial charge in [0.25, 0.3) is 0 Å². The van der Waals surface area contributed by atoms with Gasteiger partial charge in [0.15, 0.2) is 0 Å². The molecule has 4 aromatic carbocycles. The van der Waals surface area contributed by atoms with E-state index in [9.17, 15) is 0 Å². The minimum Gasteiger partial charge on any atom is -0.456 e. The van der Waals surface area contributed by atoms with Crippen LogP contribution in [0, 0.1) is 6.92 Å². The fraction of sp³-hybridized carbons (Fsp3) is 0.231. The molecule has 138 valence electrons. The fourth-order valence-corrected chi connectivity index (χ4v) is 4.88. The maximum atomic E-state index is 6.59. The van der Waals surface area contributed by atoms with Crippen LogP contribution in [0.5, 0.6) is 0 Å². The fourth-order valence-electron chi connectivity index (χ4n) is 4.88. The van der Waals surface area contributed by atoms with Crippen LogP contribution in [0.2, 0.25) is 0 Å². The number of benzene rings is 4. The minimum atomic E-state index is 0.937. The van der Waals surface area contributed by atoms with Gasteiger partial charge in [-0.25, -0.2) is 0 Å². The lowest BCUT2D eigenvalue weighted by molar-refractivity contribution is 0.637. The van der Waals surface area contributed by atoms with Crippen molar-refractivity contribution in [2.75, 3.05) is 0 Å². The Morgan fingerprint density at radius 1 is 0.750 bits per heavy atom. The summed E-state index contributed by atoms with van der Waals surface area (Å²) < 4.78 is 13.0. The van der Waals surface area contributed by atoms with Crippen LogP contribution in [-0.4, -0.2) is 0 Å². The van der Waals surface area contributed by atoms with Gasteiger partial charge in [0, 0.05) is 21.9 Å². The molecule has 0 atom stereocenters. The van der Waals surface area contributed by atoms with E-state index in [1.807, 2.05) is 0 Å². The number of hydrogen-bond donors (Lipinski definition) is 0. The molecular weight excluding hydrogens is 344 g/mol. The predicted molar refractivity (Wildman–Crippen MR) is 117 cm³/mol. The summed E-state index contributed by atoms with van der Waals surface area (Å²) in [6.45, 7) is 4.39. The first-order valence-electron chi connectivity index (χ1n) is 10.3. The van der Waals surface area contributed by atoms with E-state index in [4.69, 9.17) is 8.83 Å². The Morgan fingerprint density at radius 3 is 2.11 bits per heavy atom. The lowest BCUT2D eigenvalue weighted by Crippen LogP contribution is -1.99. The summed E-state index contributed by atoms with van der Waals surface area (Å²) in [7, 11) is 0. The van der Waals surface area contributed by atoms with Crippen LogP contribution in [0.15, 0.2) is 57.4 Å². The lowest BCUT2D eigenvalue weighted by Gasteiger charge is -2.22. The van der Waals surface area contributed by atoms with E-state index in [1.165, 1.54) is 63.1 Å². The minimum absolute atomic E-state index is 0.937. The van der Waals surface area contributed by atoms with Crippen LogP contribution in [0.25, 0.3) is 55.0 Å². The van der Waals surface area contributed by atoms with Gasteiger partial charge < -0.3 is 8.83 Å². The van der Waals surface area contributed by atoms with E-state index >= 15 is 0 Å². The van der Waals surface area contributed by atoms with E-state index in [1.54, 1.807) is 0 Å². The van der Waals surface area contributed by atoms with Gasteiger partial charge in [-0.3, -0.25) is 0 Å². The van der Waals surface area contributed by atoms with Crippen LogP contribution in [0.4, 0.5) is 0 Å². The number of unbranched alkanes of at least 4 members (excludes halogenated alkanes) is 2. The Balaban J connectivity index is 1.86. The summed E-state index contributed by atoms with van der Waals surface area (Å²) in [5.74, 6) is 0. The number of aryl methyl sites for hydroxylation is 2. The van der Waals surface area contributed by atoms with E-state index in [0.29, 0.717) is 0 Å². The summed E-state index contributed by atoms with van der Waals surface area (Å²) in [4.78, 5) is 0. The van der Waals surface area contributed by atoms with Gasteiger partial charge in [-0.15, -0.1) is 0 Å². The topological polar surface area (TPSA) is 26.3 Å². The highest BCUT2D eigenvalue weighted by Crippen LogP contribution is 2.49. The summed E-state index contributed by atoms with van der Waals surface area (Å²) in [6, 6.07) is 17.2. The Kier molecular flexibility index (Phi) is 3.28. The molecule has 0 aliphatic carbocycles. The van der Waals surface area contributed by atoms with Crippen molar-refractivity contribution in [2.24, 2.45) is 0 Å². The van der Waals surface area contributed by atoms with Crippen molar-refractivity contribution in [3.8, 4) is 11.1 Å². The molecule has 0 aromatic heterocycles. The molecule has 0 N–H and O–H groups in total. The average molecular weight is 366 g/mol. The van der Waals surface area contributed by atoms with Crippen molar-refractivity contribution in [3.63, 3.8) is 0 Å². The van der Waals surface area contributed by atoms with Crippen LogP contribution in [0.1, 0.15) is 37.3 Å². The second-order valence-corrected chi connectivity index (χ2v) is 8.01. The third kappa shape index (κ3) is 2.03. The van der Waals surface area contributed by atoms with E-state index in [-0.39, 0.29) is 0 Å². The molecule has 28 heavy (non-hydrogen) atoms. The van der Waals surface area contributed by atoms with Gasteiger partial charge in [0.05, 0.1) is 0 Å². The van der Waals surface area contributed by atoms with Crippen LogP contribution in [-0.2, 0) is 6.42 Å². The maximum Gasteiger partial charge on any atom is 0.139 e. The standard InChI is InChI=1S/C26H22O2/c1-3-4-5-8-18-14-17-10-7-11-19-22(17)24-23-21-16(13-15(2)25(23)27-19)9-6-12-20(21)28-26(18)24/h6-7,9-14H,3-5,8H2,1-2H3. The molecule has 0 amide bonds. The highest BCUT2D eigenvalue weighted by Gasteiger charge is 2.26. The molecule has 2 aliphatic heterocycles. The number of hydrogen-bond acceptors (Lipinski definition) is 2. The molecule has 6 rings (SSSR count). The summed E-state index contributed by atoms with van der Waals surface area (Å²) in [5.41, 5.74) is 8.83. The van der Waals surface area contributed by atoms with Crippen molar-refractivity contribution in [3.05, 3.63) is 59.7 Å². The molecule has 2 heteroatoms. The third-order valence-electron chi connectivity index (χ3n) is 6.15. The highest BCUT2D eigenvalue weighted by molar-refractivity contribution is 6.24. The second-order valence-electron chi connectivity index (χ2n) is 8.01. The Labute approximate surface area is 163 Å². The second kappa shape index (κ2) is 5.75. The molecule has 0 spiro atoms. The molecule has 2 aliphatic rings. The van der Waals surface area contributed by atoms with E-state index in [0.717, 1.165) is 28.8 Å². The quantitative estimate of drug-likeness (QED) is 0.179. The summed E-state index contributed by atoms with van der Waals surface area (Å²) in [6.07, 6.45) is 4.70. The molecule has 2 heterocycles. The lowest BCUT2D eigenvalue weighted by atomic mass is 9.86. The van der Waals surface area contributed by atoms with E-state index < -0.39 is 0 Å². The molecule has 2 nitrogen and oxygen atoms in total. The predicted octanol–water partition coefficient (Wildman–Crippen LogP) is 8.07. The maximum absolute atomic E-state index is 6.59. The van der Waals surface area contributed by atoms with Crippen molar-refractivity contribution < 1.29 is 8.83 Å². The van der Waals surface area contributed by atoms with Gasteiger partial charge in [-0.2, -0.15) is 0 Å². The molecule has 4 aromatic rings. The average Bonchev–Trinajstić information content (AvgIpc) is 2.71. The molecular formula is C26H22O2. The zero-order valence-corrected chi connectivity index (χ0v) is 16.3. The third-order valence-corrected chi connectivity index (χ3v) is 6.15. The van der Waals surface area contributed by atoms with Gasteiger partial charge in [0.2, 0.25) is 0 Å². The first-order chi connectivity index (χ1) is 13.8.